The third-order valence-corrected chi connectivity index (χ3v) is 1.91. The van der Waals surface area contributed by atoms with Gasteiger partial charge in [-0.2, -0.15) is 0 Å². The van der Waals surface area contributed by atoms with Gasteiger partial charge in [0.25, 0.3) is 5.91 Å². The minimum Gasteiger partial charge on any atom is -0.490 e. The number of hydrogen-bond acceptors (Lipinski definition) is 5. The molecule has 0 aliphatic carbocycles. The van der Waals surface area contributed by atoms with Crippen molar-refractivity contribution in [2.45, 2.75) is 6.92 Å². The predicted octanol–water partition coefficient (Wildman–Crippen LogP) is -0.00280. The Morgan fingerprint density at radius 3 is 2.37 bits per heavy atom. The van der Waals surface area contributed by atoms with Gasteiger partial charge in [0.15, 0.2) is 24.7 Å². The summed E-state index contributed by atoms with van der Waals surface area (Å²) < 4.78 is 10.6. The third kappa shape index (κ3) is 5.73. The molecule has 0 spiro atoms. The van der Waals surface area contributed by atoms with Crippen LogP contribution in [-0.4, -0.2) is 31.6 Å². The molecule has 0 aromatic heterocycles. The average molecular weight is 268 g/mol. The summed E-state index contributed by atoms with van der Waals surface area (Å²) in [7, 11) is 0. The summed E-state index contributed by atoms with van der Waals surface area (Å²) >= 11 is 0. The van der Waals surface area contributed by atoms with Gasteiger partial charge >= 0.3 is 0 Å². The fraction of sp³-hybridized carbons (Fsp3) is 0.333. The SMILES string of the molecule is CCOc1ccccc1OCC(=O)NOCC(N)=O. The van der Waals surface area contributed by atoms with E-state index < -0.39 is 11.8 Å². The number of amides is 2. The third-order valence-electron chi connectivity index (χ3n) is 1.91. The molecule has 0 heterocycles. The first-order valence-electron chi connectivity index (χ1n) is 5.67. The molecule has 1 rings (SSSR count). The van der Waals surface area contributed by atoms with Crippen LogP contribution < -0.4 is 20.7 Å². The smallest absolute Gasteiger partial charge is 0.281 e. The zero-order valence-corrected chi connectivity index (χ0v) is 10.5. The molecule has 1 aromatic rings. The van der Waals surface area contributed by atoms with Crippen molar-refractivity contribution < 1.29 is 23.9 Å². The fourth-order valence-corrected chi connectivity index (χ4v) is 1.20. The Morgan fingerprint density at radius 1 is 1.16 bits per heavy atom. The standard InChI is InChI=1S/C12H16N2O5/c1-2-17-9-5-3-4-6-10(9)18-8-12(16)14-19-7-11(13)15/h3-6H,2,7-8H2,1H3,(H2,13,15)(H,14,16). The summed E-state index contributed by atoms with van der Waals surface area (Å²) in [6.07, 6.45) is 0. The van der Waals surface area contributed by atoms with Crippen LogP contribution in [0, 0.1) is 0 Å². The molecule has 1 aromatic carbocycles. The van der Waals surface area contributed by atoms with Crippen LogP contribution in [0.15, 0.2) is 24.3 Å². The Morgan fingerprint density at radius 2 is 1.79 bits per heavy atom. The highest BCUT2D eigenvalue weighted by atomic mass is 16.7. The second-order valence-corrected chi connectivity index (χ2v) is 3.45. The molecule has 0 aliphatic heterocycles. The van der Waals surface area contributed by atoms with E-state index in [-0.39, 0.29) is 13.2 Å². The number of hydroxylamine groups is 1. The number of hydrogen-bond donors (Lipinski definition) is 2. The van der Waals surface area contributed by atoms with Crippen molar-refractivity contribution in [3.05, 3.63) is 24.3 Å². The van der Waals surface area contributed by atoms with E-state index in [9.17, 15) is 9.59 Å². The second kappa shape index (κ2) is 7.93. The van der Waals surface area contributed by atoms with Crippen LogP contribution >= 0.6 is 0 Å². The number of para-hydroxylation sites is 2. The largest absolute Gasteiger partial charge is 0.490 e. The van der Waals surface area contributed by atoms with Crippen LogP contribution in [0.5, 0.6) is 11.5 Å². The summed E-state index contributed by atoms with van der Waals surface area (Å²) in [6.45, 7) is 1.69. The highest BCUT2D eigenvalue weighted by Gasteiger charge is 2.07. The Labute approximate surface area is 110 Å². The van der Waals surface area contributed by atoms with Gasteiger partial charge in [-0.25, -0.2) is 5.48 Å². The number of ether oxygens (including phenoxy) is 2. The molecule has 0 saturated carbocycles. The van der Waals surface area contributed by atoms with Gasteiger partial charge in [0.1, 0.15) is 0 Å². The fourth-order valence-electron chi connectivity index (χ4n) is 1.20. The molecule has 0 bridgehead atoms. The number of benzene rings is 1. The average Bonchev–Trinajstić information content (AvgIpc) is 2.37. The van der Waals surface area contributed by atoms with Crippen LogP contribution in [0.3, 0.4) is 0 Å². The molecular formula is C12H16N2O5. The van der Waals surface area contributed by atoms with E-state index in [1.54, 1.807) is 24.3 Å². The van der Waals surface area contributed by atoms with Gasteiger partial charge in [0.05, 0.1) is 6.61 Å². The molecule has 0 atom stereocenters. The number of carbonyl (C=O) groups is 2. The van der Waals surface area contributed by atoms with Crippen LogP contribution in [0.2, 0.25) is 0 Å². The molecule has 0 fully saturated rings. The number of nitrogens with two attached hydrogens (primary N) is 1. The van der Waals surface area contributed by atoms with Crippen molar-refractivity contribution >= 4 is 11.8 Å². The van der Waals surface area contributed by atoms with Gasteiger partial charge in [-0.05, 0) is 19.1 Å². The molecule has 7 nitrogen and oxygen atoms in total. The topological polar surface area (TPSA) is 99.9 Å². The molecule has 2 amide bonds. The van der Waals surface area contributed by atoms with Crippen LogP contribution in [-0.2, 0) is 14.4 Å². The van der Waals surface area contributed by atoms with Gasteiger partial charge < -0.3 is 15.2 Å². The van der Waals surface area contributed by atoms with E-state index in [1.165, 1.54) is 0 Å². The first-order chi connectivity index (χ1) is 9.13. The lowest BCUT2D eigenvalue weighted by atomic mass is 10.3. The number of primary amides is 1. The molecule has 0 saturated heterocycles. The minimum atomic E-state index is -0.678. The zero-order chi connectivity index (χ0) is 14.1. The summed E-state index contributed by atoms with van der Waals surface area (Å²) in [6, 6.07) is 6.98. The van der Waals surface area contributed by atoms with Gasteiger partial charge in [0.2, 0.25) is 5.91 Å². The van der Waals surface area contributed by atoms with Crippen molar-refractivity contribution in [1.82, 2.24) is 5.48 Å². The Hall–Kier alpha value is -2.28. The van der Waals surface area contributed by atoms with E-state index in [4.69, 9.17) is 15.2 Å². The Bertz CT molecular complexity index is 436. The van der Waals surface area contributed by atoms with Gasteiger partial charge in [-0.1, -0.05) is 12.1 Å². The van der Waals surface area contributed by atoms with Gasteiger partial charge in [-0.3, -0.25) is 14.4 Å². The van der Waals surface area contributed by atoms with Crippen molar-refractivity contribution in [2.24, 2.45) is 5.73 Å². The first kappa shape index (κ1) is 14.8. The lowest BCUT2D eigenvalue weighted by molar-refractivity contribution is -0.139. The molecule has 3 N–H and O–H groups in total. The first-order valence-corrected chi connectivity index (χ1v) is 5.67. The van der Waals surface area contributed by atoms with Crippen LogP contribution in [0.4, 0.5) is 0 Å². The Kier molecular flexibility index (Phi) is 6.17. The van der Waals surface area contributed by atoms with Crippen LogP contribution in [0.25, 0.3) is 0 Å². The maximum Gasteiger partial charge on any atom is 0.281 e. The summed E-state index contributed by atoms with van der Waals surface area (Å²) in [5, 5.41) is 0. The lowest BCUT2D eigenvalue weighted by Crippen LogP contribution is -2.32. The van der Waals surface area contributed by atoms with Crippen molar-refractivity contribution in [3.8, 4) is 11.5 Å². The van der Waals surface area contributed by atoms with E-state index in [0.717, 1.165) is 0 Å². The molecule has 19 heavy (non-hydrogen) atoms. The summed E-state index contributed by atoms with van der Waals surface area (Å²) in [5.74, 6) is -0.208. The molecular weight excluding hydrogens is 252 g/mol. The van der Waals surface area contributed by atoms with E-state index >= 15 is 0 Å². The lowest BCUT2D eigenvalue weighted by Gasteiger charge is -2.11. The Balaban J connectivity index is 2.39. The highest BCUT2D eigenvalue weighted by Crippen LogP contribution is 2.26. The second-order valence-electron chi connectivity index (χ2n) is 3.45. The van der Waals surface area contributed by atoms with Crippen molar-refractivity contribution in [3.63, 3.8) is 0 Å². The number of nitrogens with one attached hydrogen (secondary N) is 1. The molecule has 0 radical (unpaired) electrons. The maximum atomic E-state index is 11.3. The molecule has 0 unspecified atom stereocenters. The molecule has 0 aliphatic rings. The van der Waals surface area contributed by atoms with Crippen molar-refractivity contribution in [1.29, 1.82) is 0 Å². The number of carbonyl (C=O) groups excluding carboxylic acids is 2. The minimum absolute atomic E-state index is 0.261. The van der Waals surface area contributed by atoms with Gasteiger partial charge in [0, 0.05) is 0 Å². The quantitative estimate of drug-likeness (QED) is 0.646. The zero-order valence-electron chi connectivity index (χ0n) is 10.5. The highest BCUT2D eigenvalue weighted by molar-refractivity contribution is 5.77. The molecule has 7 heteroatoms. The maximum absolute atomic E-state index is 11.3. The van der Waals surface area contributed by atoms with Crippen LogP contribution in [0.1, 0.15) is 6.92 Å². The van der Waals surface area contributed by atoms with E-state index in [1.807, 2.05) is 12.4 Å². The van der Waals surface area contributed by atoms with Gasteiger partial charge in [-0.15, -0.1) is 0 Å². The van der Waals surface area contributed by atoms with E-state index in [2.05, 4.69) is 4.84 Å². The normalized spacial score (nSPS) is 9.74. The van der Waals surface area contributed by atoms with Crippen molar-refractivity contribution in [2.75, 3.05) is 19.8 Å². The van der Waals surface area contributed by atoms with E-state index in [0.29, 0.717) is 18.1 Å². The predicted molar refractivity (Wildman–Crippen MR) is 66.4 cm³/mol. The number of rotatable bonds is 8. The monoisotopic (exact) mass is 268 g/mol. The molecule has 104 valence electrons. The summed E-state index contributed by atoms with van der Waals surface area (Å²) in [4.78, 5) is 26.2. The summed E-state index contributed by atoms with van der Waals surface area (Å²) in [5.41, 5.74) is 6.86.